The maximum absolute atomic E-state index is 11.5. The summed E-state index contributed by atoms with van der Waals surface area (Å²) in [5, 5.41) is 13.3. The summed E-state index contributed by atoms with van der Waals surface area (Å²) in [5.74, 6) is 2.16. The third kappa shape index (κ3) is 5.17. The average molecular weight is 620 g/mol. The van der Waals surface area contributed by atoms with Gasteiger partial charge in [-0.25, -0.2) is 4.79 Å². The number of rotatable bonds is 10. The van der Waals surface area contributed by atoms with Crippen molar-refractivity contribution in [3.63, 3.8) is 0 Å². The van der Waals surface area contributed by atoms with Gasteiger partial charge in [0.15, 0.2) is 6.29 Å². The molecule has 0 aromatic heterocycles. The van der Waals surface area contributed by atoms with Crippen molar-refractivity contribution >= 4 is 11.5 Å². The lowest BCUT2D eigenvalue weighted by molar-refractivity contribution is -0.222. The van der Waals surface area contributed by atoms with Gasteiger partial charge in [0.05, 0.1) is 5.56 Å². The van der Waals surface area contributed by atoms with E-state index >= 15 is 0 Å². The van der Waals surface area contributed by atoms with Gasteiger partial charge in [0, 0.05) is 26.3 Å². The van der Waals surface area contributed by atoms with Gasteiger partial charge < -0.3 is 19.9 Å². The van der Waals surface area contributed by atoms with Crippen LogP contribution in [0.15, 0.2) is 30.3 Å². The zero-order valence-electron chi connectivity index (χ0n) is 29.3. The molecule has 5 nitrogen and oxygen atoms in total. The minimum Gasteiger partial charge on any atom is -0.478 e. The minimum absolute atomic E-state index is 0.0521. The highest BCUT2D eigenvalue weighted by Gasteiger charge is 2.69. The summed E-state index contributed by atoms with van der Waals surface area (Å²) >= 11 is 0. The summed E-state index contributed by atoms with van der Waals surface area (Å²) in [6.07, 6.45) is 15.8. The molecule has 7 unspecified atom stereocenters. The summed E-state index contributed by atoms with van der Waals surface area (Å²) < 4.78 is 11.7. The fourth-order valence-electron chi connectivity index (χ4n) is 12.9. The third-order valence-corrected chi connectivity index (χ3v) is 15.1. The van der Waals surface area contributed by atoms with E-state index in [1.54, 1.807) is 12.1 Å². The highest BCUT2D eigenvalue weighted by Crippen LogP contribution is 2.77. The van der Waals surface area contributed by atoms with Crippen LogP contribution in [0.3, 0.4) is 0 Å². The first-order chi connectivity index (χ1) is 21.4. The van der Waals surface area contributed by atoms with Gasteiger partial charge in [-0.1, -0.05) is 59.2 Å². The molecule has 5 aliphatic rings. The monoisotopic (exact) mass is 619 g/mol. The van der Waals surface area contributed by atoms with Crippen LogP contribution >= 0.6 is 0 Å². The molecular weight excluding hydrogens is 558 g/mol. The number of ether oxygens (including phenoxy) is 2. The Kier molecular flexibility index (Phi) is 8.92. The van der Waals surface area contributed by atoms with Crippen LogP contribution in [-0.4, -0.2) is 43.7 Å². The van der Waals surface area contributed by atoms with E-state index in [9.17, 15) is 9.90 Å². The minimum atomic E-state index is -0.854. The number of carboxylic acids is 1. The van der Waals surface area contributed by atoms with E-state index in [-0.39, 0.29) is 17.1 Å². The molecule has 0 amide bonds. The first kappa shape index (κ1) is 33.2. The molecule has 0 bridgehead atoms. The standard InChI is InChI=1S/C40H61NO4/c1-8-44-34(45-9-2)25-41-26-40-20-10-11-31(40)30-16-17-33-37(5)21-18-29(27-12-14-28(15-13-27)35(42)43)36(3,4)32(37)19-22-39(33,7)38(30,6)23-24-40/h12-15,18,30-34,41H,8-11,16-17,19-26H2,1-7H3,(H,42,43)/t30?,31?,32?,33?,37?,38-,39?,40?/m1/s1. The van der Waals surface area contributed by atoms with Crippen LogP contribution in [0.5, 0.6) is 0 Å². The van der Waals surface area contributed by atoms with Crippen LogP contribution in [-0.2, 0) is 9.47 Å². The quantitative estimate of drug-likeness (QED) is 0.256. The molecule has 5 heteroatoms. The summed E-state index contributed by atoms with van der Waals surface area (Å²) in [7, 11) is 0. The van der Waals surface area contributed by atoms with Gasteiger partial charge in [0.1, 0.15) is 0 Å². The lowest BCUT2D eigenvalue weighted by Crippen LogP contribution is -2.65. The van der Waals surface area contributed by atoms with E-state index in [4.69, 9.17) is 9.47 Å². The van der Waals surface area contributed by atoms with E-state index in [0.29, 0.717) is 40.9 Å². The zero-order valence-corrected chi connectivity index (χ0v) is 29.3. The third-order valence-electron chi connectivity index (χ3n) is 15.1. The predicted molar refractivity (Wildman–Crippen MR) is 182 cm³/mol. The second-order valence-electron chi connectivity index (χ2n) is 16.9. The summed E-state index contributed by atoms with van der Waals surface area (Å²) in [6, 6.07) is 7.63. The van der Waals surface area contributed by atoms with Crippen molar-refractivity contribution < 1.29 is 19.4 Å². The molecule has 4 saturated carbocycles. The highest BCUT2D eigenvalue weighted by molar-refractivity contribution is 5.88. The Morgan fingerprint density at radius 2 is 1.58 bits per heavy atom. The van der Waals surface area contributed by atoms with Gasteiger partial charge in [-0.15, -0.1) is 0 Å². The summed E-state index contributed by atoms with van der Waals surface area (Å²) in [4.78, 5) is 11.5. The normalized spacial score (nSPS) is 40.2. The van der Waals surface area contributed by atoms with Crippen LogP contribution in [0.4, 0.5) is 0 Å². The van der Waals surface area contributed by atoms with Crippen molar-refractivity contribution in [3.8, 4) is 0 Å². The van der Waals surface area contributed by atoms with E-state index < -0.39 is 5.97 Å². The van der Waals surface area contributed by atoms with Gasteiger partial charge in [-0.3, -0.25) is 0 Å². The van der Waals surface area contributed by atoms with Crippen LogP contribution in [0.1, 0.15) is 129 Å². The van der Waals surface area contributed by atoms with E-state index in [2.05, 4.69) is 59.9 Å². The lowest BCUT2D eigenvalue weighted by atomic mass is 9.32. The van der Waals surface area contributed by atoms with E-state index in [0.717, 1.165) is 37.3 Å². The van der Waals surface area contributed by atoms with Gasteiger partial charge in [-0.05, 0) is 146 Å². The van der Waals surface area contributed by atoms with Crippen molar-refractivity contribution in [2.24, 2.45) is 50.7 Å². The number of fused-ring (bicyclic) bond motifs is 7. The van der Waals surface area contributed by atoms with Gasteiger partial charge in [-0.2, -0.15) is 0 Å². The summed E-state index contributed by atoms with van der Waals surface area (Å²) in [5.41, 5.74) is 4.51. The maximum Gasteiger partial charge on any atom is 0.335 e. The second-order valence-corrected chi connectivity index (χ2v) is 16.9. The molecule has 0 spiro atoms. The molecule has 6 rings (SSSR count). The Morgan fingerprint density at radius 3 is 2.24 bits per heavy atom. The van der Waals surface area contributed by atoms with Crippen LogP contribution in [0.2, 0.25) is 0 Å². The predicted octanol–water partition coefficient (Wildman–Crippen LogP) is 9.22. The maximum atomic E-state index is 11.5. The van der Waals surface area contributed by atoms with E-state index in [1.807, 2.05) is 12.1 Å². The number of nitrogens with one attached hydrogen (secondary N) is 1. The molecule has 5 aliphatic carbocycles. The molecule has 1 aromatic carbocycles. The smallest absolute Gasteiger partial charge is 0.335 e. The van der Waals surface area contributed by atoms with Gasteiger partial charge in [0.25, 0.3) is 0 Å². The number of benzene rings is 1. The zero-order chi connectivity index (χ0) is 32.3. The van der Waals surface area contributed by atoms with Crippen LogP contribution in [0, 0.1) is 50.7 Å². The Hall–Kier alpha value is -1.69. The molecule has 4 fully saturated rings. The molecular formula is C40H61NO4. The van der Waals surface area contributed by atoms with Crippen LogP contribution in [0.25, 0.3) is 5.57 Å². The van der Waals surface area contributed by atoms with Crippen molar-refractivity contribution in [3.05, 3.63) is 41.5 Å². The molecule has 1 aromatic rings. The summed E-state index contributed by atoms with van der Waals surface area (Å²) in [6.45, 7) is 20.5. The van der Waals surface area contributed by atoms with Gasteiger partial charge in [0.2, 0.25) is 0 Å². The Balaban J connectivity index is 1.23. The first-order valence-corrected chi connectivity index (χ1v) is 18.3. The molecule has 250 valence electrons. The van der Waals surface area contributed by atoms with Crippen LogP contribution < -0.4 is 5.32 Å². The Bertz CT molecular complexity index is 1270. The Labute approximate surface area is 273 Å². The van der Waals surface area contributed by atoms with Crippen molar-refractivity contribution in [1.29, 1.82) is 0 Å². The van der Waals surface area contributed by atoms with Gasteiger partial charge >= 0.3 is 5.97 Å². The Morgan fingerprint density at radius 1 is 0.867 bits per heavy atom. The molecule has 0 saturated heterocycles. The molecule has 0 heterocycles. The number of carboxylic acid groups (broad SMARTS) is 1. The first-order valence-electron chi connectivity index (χ1n) is 18.3. The van der Waals surface area contributed by atoms with Crippen molar-refractivity contribution in [1.82, 2.24) is 5.32 Å². The average Bonchev–Trinajstić information content (AvgIpc) is 3.42. The lowest BCUT2D eigenvalue weighted by Gasteiger charge is -2.72. The topological polar surface area (TPSA) is 67.8 Å². The SMILES string of the molecule is CCOC(CNCC12CCCC1C1CCC3C4(C)CC=C(c5ccc(C(=O)O)cc5)C(C)(C)C4CCC3(C)[C@]1(C)CC2)OCC. The fourth-order valence-corrected chi connectivity index (χ4v) is 12.9. The van der Waals surface area contributed by atoms with Crippen molar-refractivity contribution in [2.75, 3.05) is 26.3 Å². The number of hydrogen-bond donors (Lipinski definition) is 2. The largest absolute Gasteiger partial charge is 0.478 e. The number of allylic oxidation sites excluding steroid dienone is 2. The van der Waals surface area contributed by atoms with Crippen molar-refractivity contribution in [2.45, 2.75) is 119 Å². The molecule has 45 heavy (non-hydrogen) atoms. The molecule has 8 atom stereocenters. The van der Waals surface area contributed by atoms with E-state index in [1.165, 1.54) is 68.9 Å². The number of aromatic carboxylic acids is 1. The second kappa shape index (κ2) is 12.1. The number of hydrogen-bond acceptors (Lipinski definition) is 4. The molecule has 2 N–H and O–H groups in total. The highest BCUT2D eigenvalue weighted by atomic mass is 16.7. The number of carbonyl (C=O) groups is 1. The fraction of sp³-hybridized carbons (Fsp3) is 0.775. The molecule has 0 aliphatic heterocycles. The molecule has 0 radical (unpaired) electrons.